The highest BCUT2D eigenvalue weighted by Gasteiger charge is 2.26. The van der Waals surface area contributed by atoms with Crippen LogP contribution in [0.1, 0.15) is 193 Å². The van der Waals surface area contributed by atoms with E-state index in [2.05, 4.69) is 66.4 Å². The van der Waals surface area contributed by atoms with Crippen LogP contribution in [0.25, 0.3) is 0 Å². The van der Waals surface area contributed by atoms with Crippen molar-refractivity contribution in [1.29, 1.82) is 0 Å². The molecule has 1 aliphatic heterocycles. The first-order chi connectivity index (χ1) is 20.4. The lowest BCUT2D eigenvalue weighted by atomic mass is 10.0. The fraction of sp³-hybridized carbons (Fsp3) is 0.795. The molecule has 41 heavy (non-hydrogen) atoms. The molecule has 0 saturated heterocycles. The lowest BCUT2D eigenvalue weighted by Gasteiger charge is -2.33. The molecule has 2 rings (SSSR count). The van der Waals surface area contributed by atoms with Crippen molar-refractivity contribution in [1.82, 2.24) is 9.80 Å². The molecular formula is C39H70N2. The van der Waals surface area contributed by atoms with Crippen LogP contribution in [0.15, 0.2) is 42.7 Å². The highest BCUT2D eigenvalue weighted by Crippen LogP contribution is 2.31. The Labute approximate surface area is 257 Å². The SMILES string of the molecule is CCCCCCCCCCCCCCCCCCCN1C=CN(CCCCCCCCCCC)C1c1ccccc1. The van der Waals surface area contributed by atoms with Crippen LogP contribution in [0.2, 0.25) is 0 Å². The van der Waals surface area contributed by atoms with E-state index in [0.717, 1.165) is 0 Å². The van der Waals surface area contributed by atoms with Gasteiger partial charge < -0.3 is 9.80 Å². The first kappa shape index (κ1) is 35.8. The first-order valence-corrected chi connectivity index (χ1v) is 18.6. The van der Waals surface area contributed by atoms with E-state index in [1.54, 1.807) is 0 Å². The molecule has 0 fully saturated rings. The van der Waals surface area contributed by atoms with Gasteiger partial charge in [0.25, 0.3) is 0 Å². The van der Waals surface area contributed by atoms with E-state index >= 15 is 0 Å². The van der Waals surface area contributed by atoms with Gasteiger partial charge in [0.05, 0.1) is 0 Å². The van der Waals surface area contributed by atoms with Gasteiger partial charge in [0.15, 0.2) is 0 Å². The van der Waals surface area contributed by atoms with Crippen molar-refractivity contribution in [2.24, 2.45) is 0 Å². The molecule has 1 aromatic carbocycles. The summed E-state index contributed by atoms with van der Waals surface area (Å²) in [4.78, 5) is 5.21. The van der Waals surface area contributed by atoms with Crippen molar-refractivity contribution < 1.29 is 0 Å². The zero-order chi connectivity index (χ0) is 29.1. The Morgan fingerprint density at radius 3 is 1.00 bits per heavy atom. The summed E-state index contributed by atoms with van der Waals surface area (Å²) in [5, 5.41) is 0. The Balaban J connectivity index is 1.49. The average molecular weight is 567 g/mol. The van der Waals surface area contributed by atoms with Gasteiger partial charge in [-0.05, 0) is 18.4 Å². The predicted molar refractivity (Wildman–Crippen MR) is 183 cm³/mol. The van der Waals surface area contributed by atoms with Gasteiger partial charge in [-0.1, -0.05) is 198 Å². The molecule has 0 spiro atoms. The van der Waals surface area contributed by atoms with Crippen molar-refractivity contribution in [3.05, 3.63) is 48.3 Å². The Bertz CT molecular complexity index is 699. The average Bonchev–Trinajstić information content (AvgIpc) is 3.40. The second-order valence-electron chi connectivity index (χ2n) is 13.0. The maximum absolute atomic E-state index is 2.61. The van der Waals surface area contributed by atoms with E-state index < -0.39 is 0 Å². The number of hydrogen-bond acceptors (Lipinski definition) is 2. The summed E-state index contributed by atoms with van der Waals surface area (Å²) in [6.45, 7) is 6.98. The number of hydrogen-bond donors (Lipinski definition) is 0. The minimum atomic E-state index is 0.395. The van der Waals surface area contributed by atoms with E-state index in [1.807, 2.05) is 0 Å². The summed E-state index contributed by atoms with van der Waals surface area (Å²) in [7, 11) is 0. The van der Waals surface area contributed by atoms with Crippen LogP contribution in [0.5, 0.6) is 0 Å². The molecule has 2 nitrogen and oxygen atoms in total. The van der Waals surface area contributed by atoms with Crippen LogP contribution < -0.4 is 0 Å². The first-order valence-electron chi connectivity index (χ1n) is 18.6. The van der Waals surface area contributed by atoms with Crippen molar-refractivity contribution in [2.75, 3.05) is 13.1 Å². The molecule has 1 atom stereocenters. The highest BCUT2D eigenvalue weighted by atomic mass is 15.4. The summed E-state index contributed by atoms with van der Waals surface area (Å²) >= 11 is 0. The normalized spacial score (nSPS) is 14.9. The maximum Gasteiger partial charge on any atom is 0.127 e. The Kier molecular flexibility index (Phi) is 22.9. The lowest BCUT2D eigenvalue weighted by Crippen LogP contribution is -2.32. The smallest absolute Gasteiger partial charge is 0.127 e. The predicted octanol–water partition coefficient (Wildman–Crippen LogP) is 13.0. The molecule has 2 heteroatoms. The highest BCUT2D eigenvalue weighted by molar-refractivity contribution is 5.21. The third kappa shape index (κ3) is 18.0. The molecule has 0 saturated carbocycles. The van der Waals surface area contributed by atoms with Gasteiger partial charge in [0.1, 0.15) is 6.17 Å². The number of rotatable bonds is 29. The third-order valence-electron chi connectivity index (χ3n) is 9.22. The second kappa shape index (κ2) is 26.2. The maximum atomic E-state index is 2.61. The van der Waals surface area contributed by atoms with Gasteiger partial charge >= 0.3 is 0 Å². The molecule has 1 aliphatic rings. The lowest BCUT2D eigenvalue weighted by molar-refractivity contribution is 0.149. The van der Waals surface area contributed by atoms with Crippen LogP contribution in [-0.2, 0) is 0 Å². The van der Waals surface area contributed by atoms with Crippen LogP contribution in [0, 0.1) is 0 Å². The molecule has 1 heterocycles. The number of benzene rings is 1. The van der Waals surface area contributed by atoms with Crippen LogP contribution >= 0.6 is 0 Å². The summed E-state index contributed by atoms with van der Waals surface area (Å²) < 4.78 is 0. The zero-order valence-corrected chi connectivity index (χ0v) is 27.8. The molecule has 0 amide bonds. The summed E-state index contributed by atoms with van der Waals surface area (Å²) in [6, 6.07) is 11.2. The Morgan fingerprint density at radius 1 is 0.390 bits per heavy atom. The van der Waals surface area contributed by atoms with Gasteiger partial charge in [-0.15, -0.1) is 0 Å². The van der Waals surface area contributed by atoms with E-state index in [-0.39, 0.29) is 0 Å². The quantitative estimate of drug-likeness (QED) is 0.0890. The van der Waals surface area contributed by atoms with Crippen LogP contribution in [0.4, 0.5) is 0 Å². The number of nitrogens with zero attached hydrogens (tertiary/aromatic N) is 2. The van der Waals surface area contributed by atoms with E-state index in [4.69, 9.17) is 0 Å². The monoisotopic (exact) mass is 567 g/mol. The van der Waals surface area contributed by atoms with Crippen molar-refractivity contribution in [2.45, 2.75) is 187 Å². The van der Waals surface area contributed by atoms with Crippen molar-refractivity contribution in [3.63, 3.8) is 0 Å². The van der Waals surface area contributed by atoms with Gasteiger partial charge in [-0.3, -0.25) is 0 Å². The standard InChI is InChI=1S/C39H70N2/c1-3-5-7-9-11-13-14-15-16-17-18-19-20-22-24-26-31-35-41-37-36-40(39(41)38-32-28-27-29-33-38)34-30-25-23-21-12-10-8-6-4-2/h27-29,32-33,36-37,39H,3-26,30-31,34-35H2,1-2H3. The van der Waals surface area contributed by atoms with Crippen LogP contribution in [-0.4, -0.2) is 22.9 Å². The van der Waals surface area contributed by atoms with Gasteiger partial charge in [-0.25, -0.2) is 0 Å². The molecule has 0 aliphatic carbocycles. The Morgan fingerprint density at radius 2 is 0.683 bits per heavy atom. The van der Waals surface area contributed by atoms with Crippen molar-refractivity contribution >= 4 is 0 Å². The fourth-order valence-corrected chi connectivity index (χ4v) is 6.55. The summed E-state index contributed by atoms with van der Waals surface area (Å²) in [6.07, 6.45) is 42.2. The zero-order valence-electron chi connectivity index (χ0n) is 27.8. The van der Waals surface area contributed by atoms with Crippen molar-refractivity contribution in [3.8, 4) is 0 Å². The minimum absolute atomic E-state index is 0.395. The molecule has 0 radical (unpaired) electrons. The summed E-state index contributed by atoms with van der Waals surface area (Å²) in [5.74, 6) is 0. The van der Waals surface area contributed by atoms with Gasteiger partial charge in [0, 0.05) is 25.5 Å². The fourth-order valence-electron chi connectivity index (χ4n) is 6.55. The molecule has 1 aromatic rings. The molecule has 0 aromatic heterocycles. The van der Waals surface area contributed by atoms with Crippen LogP contribution in [0.3, 0.4) is 0 Å². The molecule has 1 unspecified atom stereocenters. The Hall–Kier alpha value is -1.44. The summed E-state index contributed by atoms with van der Waals surface area (Å²) in [5.41, 5.74) is 1.44. The van der Waals surface area contributed by atoms with E-state index in [1.165, 1.54) is 186 Å². The van der Waals surface area contributed by atoms with Gasteiger partial charge in [0.2, 0.25) is 0 Å². The second-order valence-corrected chi connectivity index (χ2v) is 13.0. The topological polar surface area (TPSA) is 6.48 Å². The molecule has 0 N–H and O–H groups in total. The van der Waals surface area contributed by atoms with E-state index in [9.17, 15) is 0 Å². The largest absolute Gasteiger partial charge is 0.352 e. The third-order valence-corrected chi connectivity index (χ3v) is 9.22. The van der Waals surface area contributed by atoms with E-state index in [0.29, 0.717) is 6.17 Å². The number of unbranched alkanes of at least 4 members (excludes halogenated alkanes) is 24. The molecular weight excluding hydrogens is 496 g/mol. The molecule has 0 bridgehead atoms. The minimum Gasteiger partial charge on any atom is -0.352 e. The molecule has 236 valence electrons. The van der Waals surface area contributed by atoms with Gasteiger partial charge in [-0.2, -0.15) is 0 Å².